The van der Waals surface area contributed by atoms with Gasteiger partial charge in [0.1, 0.15) is 0 Å². The molecule has 0 unspecified atom stereocenters. The minimum absolute atomic E-state index is 0.116. The molecule has 1 heterocycles. The second-order valence-corrected chi connectivity index (χ2v) is 2.52. The lowest BCUT2D eigenvalue weighted by molar-refractivity contribution is 0.181. The zero-order valence-electron chi connectivity index (χ0n) is 6.30. The first kappa shape index (κ1) is 8.79. The monoisotopic (exact) mass is 184 g/mol. The fourth-order valence-corrected chi connectivity index (χ4v) is 1.04. The molecule has 0 aliphatic rings. The number of anilines is 1. The maximum atomic E-state index is 10.4. The van der Waals surface area contributed by atoms with E-state index in [0.717, 1.165) is 16.3 Å². The highest BCUT2D eigenvalue weighted by Gasteiger charge is 2.16. The summed E-state index contributed by atoms with van der Waals surface area (Å²) in [5, 5.41) is 10.4. The molecule has 1 aromatic heterocycles. The quantitative estimate of drug-likeness (QED) is 0.646. The number of hydrogen-bond donors (Lipinski definition) is 0. The summed E-state index contributed by atoms with van der Waals surface area (Å²) >= 11 is 0.977. The van der Waals surface area contributed by atoms with E-state index in [1.807, 2.05) is 0 Å². The Morgan fingerprint density at radius 2 is 2.08 bits per heavy atom. The molecule has 1 radical (unpaired) electrons. The van der Waals surface area contributed by atoms with E-state index in [1.165, 1.54) is 12.4 Å². The first-order valence-electron chi connectivity index (χ1n) is 3.08. The molecule has 0 aliphatic heterocycles. The van der Waals surface area contributed by atoms with Crippen molar-refractivity contribution in [1.29, 1.82) is 0 Å². The van der Waals surface area contributed by atoms with Gasteiger partial charge in [-0.1, -0.05) is 0 Å². The Morgan fingerprint density at radius 1 is 1.50 bits per heavy atom. The highest BCUT2D eigenvalue weighted by Crippen LogP contribution is 2.13. The molecule has 12 heavy (non-hydrogen) atoms. The first-order chi connectivity index (χ1) is 5.75. The van der Waals surface area contributed by atoms with E-state index in [1.54, 1.807) is 12.3 Å². The van der Waals surface area contributed by atoms with Crippen molar-refractivity contribution < 1.29 is 9.90 Å². The van der Waals surface area contributed by atoms with E-state index >= 15 is 0 Å². The number of rotatable bonds is 2. The van der Waals surface area contributed by atoms with Crippen LogP contribution < -0.4 is 4.31 Å². The highest BCUT2D eigenvalue weighted by molar-refractivity contribution is 8.00. The molecular weight excluding hydrogens is 178 g/mol. The van der Waals surface area contributed by atoms with E-state index in [0.29, 0.717) is 0 Å². The van der Waals surface area contributed by atoms with Crippen molar-refractivity contribution in [1.82, 2.24) is 9.97 Å². The van der Waals surface area contributed by atoms with Gasteiger partial charge >= 0.3 is 6.09 Å². The molecule has 0 fully saturated rings. The first-order valence-corrected chi connectivity index (χ1v) is 4.26. The Labute approximate surface area is 73.6 Å². The Bertz CT molecular complexity index is 267. The van der Waals surface area contributed by atoms with Gasteiger partial charge in [-0.2, -0.15) is 4.31 Å². The molecule has 0 N–H and O–H groups in total. The van der Waals surface area contributed by atoms with Gasteiger partial charge in [-0.05, 0) is 18.0 Å². The molecule has 1 aromatic rings. The number of nitrogens with zero attached hydrogens (tertiary/aromatic N) is 3. The van der Waals surface area contributed by atoms with Gasteiger partial charge in [0.2, 0.25) is 5.95 Å². The molecule has 0 saturated heterocycles. The van der Waals surface area contributed by atoms with Crippen LogP contribution in [0.5, 0.6) is 0 Å². The maximum absolute atomic E-state index is 10.4. The summed E-state index contributed by atoms with van der Waals surface area (Å²) in [5.41, 5.74) is 0. The van der Waals surface area contributed by atoms with Gasteiger partial charge in [0.15, 0.2) is 0 Å². The van der Waals surface area contributed by atoms with Gasteiger partial charge in [0.05, 0.1) is 0 Å². The molecule has 0 aromatic carbocycles. The van der Waals surface area contributed by atoms with Crippen LogP contribution in [0.25, 0.3) is 0 Å². The zero-order valence-corrected chi connectivity index (χ0v) is 7.11. The van der Waals surface area contributed by atoms with Gasteiger partial charge in [-0.3, -0.25) is 0 Å². The lowest BCUT2D eigenvalue weighted by Gasteiger charge is -2.09. The van der Waals surface area contributed by atoms with Crippen LogP contribution in [0.15, 0.2) is 18.5 Å². The van der Waals surface area contributed by atoms with E-state index in [9.17, 15) is 9.90 Å². The van der Waals surface area contributed by atoms with Crippen LogP contribution >= 0.6 is 11.9 Å². The minimum atomic E-state index is -1.33. The van der Waals surface area contributed by atoms with Crippen molar-refractivity contribution in [2.24, 2.45) is 0 Å². The van der Waals surface area contributed by atoms with Crippen molar-refractivity contribution >= 4 is 24.0 Å². The van der Waals surface area contributed by atoms with Gasteiger partial charge in [-0.15, -0.1) is 0 Å². The number of aromatic nitrogens is 2. The third kappa shape index (κ3) is 1.85. The predicted octanol–water partition coefficient (Wildman–Crippen LogP) is 1.11. The van der Waals surface area contributed by atoms with Crippen LogP contribution in [0.4, 0.5) is 10.7 Å². The van der Waals surface area contributed by atoms with Crippen molar-refractivity contribution in [3.63, 3.8) is 0 Å². The molecular formula is C6H6N3O2S. The summed E-state index contributed by atoms with van der Waals surface area (Å²) in [7, 11) is 0. The highest BCUT2D eigenvalue weighted by atomic mass is 32.2. The van der Waals surface area contributed by atoms with Crippen LogP contribution in [0.3, 0.4) is 0 Å². The summed E-state index contributed by atoms with van der Waals surface area (Å²) < 4.78 is 0.875. The largest absolute Gasteiger partial charge is 0.470 e. The number of amides is 1. The summed E-state index contributed by atoms with van der Waals surface area (Å²) in [6.45, 7) is 0. The molecule has 0 saturated carbocycles. The van der Waals surface area contributed by atoms with Crippen LogP contribution in [0.2, 0.25) is 0 Å². The molecule has 0 aliphatic carbocycles. The Balaban J connectivity index is 2.88. The average Bonchev–Trinajstić information content (AvgIpc) is 2.07. The summed E-state index contributed by atoms with van der Waals surface area (Å²) in [6.07, 6.45) is 3.21. The summed E-state index contributed by atoms with van der Waals surface area (Å²) in [6, 6.07) is 1.61. The Morgan fingerprint density at radius 3 is 2.50 bits per heavy atom. The standard InChI is InChI=1S/C6H6N3O2S/c1-12-9(6(10)11)5-7-3-2-4-8-5/h2-4H,1H3. The van der Waals surface area contributed by atoms with Crippen molar-refractivity contribution in [2.75, 3.05) is 10.6 Å². The average molecular weight is 184 g/mol. The van der Waals surface area contributed by atoms with Gasteiger partial charge in [-0.25, -0.2) is 19.9 Å². The lowest BCUT2D eigenvalue weighted by atomic mass is 10.7. The second kappa shape index (κ2) is 3.91. The fourth-order valence-electron chi connectivity index (χ4n) is 0.634. The minimum Gasteiger partial charge on any atom is -0.220 e. The van der Waals surface area contributed by atoms with E-state index < -0.39 is 6.09 Å². The van der Waals surface area contributed by atoms with E-state index in [-0.39, 0.29) is 5.95 Å². The molecule has 1 amide bonds. The van der Waals surface area contributed by atoms with Crippen LogP contribution in [-0.4, -0.2) is 22.3 Å². The Hall–Kier alpha value is -1.30. The third-order valence-electron chi connectivity index (χ3n) is 1.08. The van der Waals surface area contributed by atoms with Gasteiger partial charge in [0, 0.05) is 18.6 Å². The number of carbonyl (C=O) groups excluding carboxylic acids is 1. The third-order valence-corrected chi connectivity index (χ3v) is 1.76. The summed E-state index contributed by atoms with van der Waals surface area (Å²) in [4.78, 5) is 17.9. The number of carbonyl (C=O) groups is 1. The zero-order chi connectivity index (χ0) is 8.97. The fraction of sp³-hybridized carbons (Fsp3) is 0.167. The maximum Gasteiger partial charge on any atom is 0.470 e. The second-order valence-electron chi connectivity index (χ2n) is 1.79. The smallest absolute Gasteiger partial charge is 0.220 e. The molecule has 5 nitrogen and oxygen atoms in total. The Kier molecular flexibility index (Phi) is 2.87. The van der Waals surface area contributed by atoms with Gasteiger partial charge < -0.3 is 0 Å². The van der Waals surface area contributed by atoms with Crippen LogP contribution in [0, 0.1) is 0 Å². The molecule has 63 valence electrons. The van der Waals surface area contributed by atoms with Crippen LogP contribution in [-0.2, 0) is 5.11 Å². The predicted molar refractivity (Wildman–Crippen MR) is 44.1 cm³/mol. The van der Waals surface area contributed by atoms with Gasteiger partial charge in [0.25, 0.3) is 0 Å². The van der Waals surface area contributed by atoms with Crippen molar-refractivity contribution in [3.8, 4) is 0 Å². The van der Waals surface area contributed by atoms with Crippen molar-refractivity contribution in [2.45, 2.75) is 0 Å². The molecule has 0 spiro atoms. The molecule has 1 rings (SSSR count). The van der Waals surface area contributed by atoms with E-state index in [4.69, 9.17) is 0 Å². The summed E-state index contributed by atoms with van der Waals surface area (Å²) in [5.74, 6) is 0.116. The topological polar surface area (TPSA) is 66.0 Å². The SMILES string of the molecule is CSN(C([O])=O)c1ncccn1. The number of hydrogen-bond acceptors (Lipinski definition) is 4. The molecule has 6 heteroatoms. The molecule has 0 bridgehead atoms. The van der Waals surface area contributed by atoms with Crippen LogP contribution in [0.1, 0.15) is 0 Å². The molecule has 0 atom stereocenters. The lowest BCUT2D eigenvalue weighted by Crippen LogP contribution is -2.21. The van der Waals surface area contributed by atoms with Crippen molar-refractivity contribution in [3.05, 3.63) is 18.5 Å². The normalized spacial score (nSPS) is 9.42. The van der Waals surface area contributed by atoms with E-state index in [2.05, 4.69) is 9.97 Å².